The van der Waals surface area contributed by atoms with Gasteiger partial charge in [0.1, 0.15) is 42.2 Å². The molecule has 322 valence electrons. The molecule has 2 amide bonds. The minimum atomic E-state index is -5.38. The SMILES string of the molecule is N=C1C=CC2=C(c3ccc(C(=O)NCCCCCNC(=O)CCCc4ccc(N(CCCl)CCCl)cc4)cc3C(=O)O)c3ccc(N)c(S(=O)(=O)[O-])c3OC2C1S(=O)(=O)[O-]. The predicted octanol–water partition coefficient (Wildman–Crippen LogP) is 4.26. The van der Waals surface area contributed by atoms with Gasteiger partial charge < -0.3 is 45.6 Å². The lowest BCUT2D eigenvalue weighted by Crippen LogP contribution is -2.47. The van der Waals surface area contributed by atoms with E-state index in [0.717, 1.165) is 35.9 Å². The summed E-state index contributed by atoms with van der Waals surface area (Å²) in [5, 5.41) is 21.9. The van der Waals surface area contributed by atoms with E-state index in [2.05, 4.69) is 15.5 Å². The van der Waals surface area contributed by atoms with Crippen molar-refractivity contribution in [2.75, 3.05) is 48.6 Å². The third kappa shape index (κ3) is 11.0. The first-order valence-electron chi connectivity index (χ1n) is 18.9. The van der Waals surface area contributed by atoms with Crippen LogP contribution < -0.4 is 26.0 Å². The molecule has 0 saturated heterocycles. The number of anilines is 2. The highest BCUT2D eigenvalue weighted by atomic mass is 35.5. The summed E-state index contributed by atoms with van der Waals surface area (Å²) < 4.78 is 79.8. The number of unbranched alkanes of at least 4 members (excludes halogenated alkanes) is 2. The number of carbonyl (C=O) groups is 3. The van der Waals surface area contributed by atoms with Gasteiger partial charge in [0.05, 0.1) is 17.0 Å². The number of nitrogens with two attached hydrogens (primary N) is 1. The Bertz CT molecular complexity index is 2420. The Labute approximate surface area is 357 Å². The van der Waals surface area contributed by atoms with E-state index >= 15 is 0 Å². The van der Waals surface area contributed by atoms with E-state index in [-0.39, 0.29) is 40.3 Å². The van der Waals surface area contributed by atoms with Crippen LogP contribution in [0, 0.1) is 5.41 Å². The number of allylic oxidation sites excluding steroid dienone is 1. The van der Waals surface area contributed by atoms with Crippen molar-refractivity contribution in [1.29, 1.82) is 5.41 Å². The second-order valence-corrected chi connectivity index (χ2v) is 17.6. The molecular weight excluding hydrogens is 862 g/mol. The monoisotopic (exact) mass is 903 g/mol. The number of aryl methyl sites for hydroxylation is 1. The van der Waals surface area contributed by atoms with Crippen LogP contribution >= 0.6 is 23.2 Å². The van der Waals surface area contributed by atoms with Crippen LogP contribution in [0.4, 0.5) is 11.4 Å². The van der Waals surface area contributed by atoms with Crippen molar-refractivity contribution in [3.8, 4) is 5.75 Å². The smallest absolute Gasteiger partial charge is 0.336 e. The normalized spacial score (nSPS) is 16.1. The highest BCUT2D eigenvalue weighted by molar-refractivity contribution is 7.87. The number of rotatable bonds is 20. The minimum Gasteiger partial charge on any atom is -0.747 e. The number of benzene rings is 3. The van der Waals surface area contributed by atoms with E-state index < -0.39 is 71.1 Å². The van der Waals surface area contributed by atoms with Crippen LogP contribution in [0.1, 0.15) is 69.5 Å². The number of nitrogen functional groups attached to an aromatic ring is 1. The zero-order valence-corrected chi connectivity index (χ0v) is 35.3. The number of carbonyl (C=O) groups excluding carboxylic acids is 2. The molecule has 0 aromatic heterocycles. The van der Waals surface area contributed by atoms with Crippen LogP contribution in [0.25, 0.3) is 5.57 Å². The zero-order valence-electron chi connectivity index (χ0n) is 32.1. The Hall–Kier alpha value is -4.98. The first-order chi connectivity index (χ1) is 28.5. The van der Waals surface area contributed by atoms with Crippen LogP contribution in [0.15, 0.2) is 77.2 Å². The first-order valence-corrected chi connectivity index (χ1v) is 22.8. The van der Waals surface area contributed by atoms with E-state index in [0.29, 0.717) is 63.5 Å². The molecule has 3 aromatic carbocycles. The molecule has 2 aliphatic rings. The first kappa shape index (κ1) is 46.1. The summed E-state index contributed by atoms with van der Waals surface area (Å²) in [6.07, 6.45) is 4.10. The van der Waals surface area contributed by atoms with E-state index in [1.807, 2.05) is 24.3 Å². The molecule has 3 aromatic rings. The van der Waals surface area contributed by atoms with Crippen molar-refractivity contribution in [3.05, 3.63) is 100 Å². The quantitative estimate of drug-likeness (QED) is 0.0460. The fourth-order valence-electron chi connectivity index (χ4n) is 7.11. The van der Waals surface area contributed by atoms with Crippen LogP contribution in [0.2, 0.25) is 0 Å². The summed E-state index contributed by atoms with van der Waals surface area (Å²) >= 11 is 11.8. The number of nitrogens with one attached hydrogen (secondary N) is 3. The molecule has 0 spiro atoms. The van der Waals surface area contributed by atoms with E-state index in [1.54, 1.807) is 0 Å². The maximum absolute atomic E-state index is 13.1. The molecule has 16 nitrogen and oxygen atoms in total. The Morgan fingerprint density at radius 2 is 1.52 bits per heavy atom. The molecule has 5 rings (SSSR count). The number of aromatic carboxylic acids is 1. The molecule has 6 N–H and O–H groups in total. The maximum atomic E-state index is 13.1. The van der Waals surface area contributed by atoms with Gasteiger partial charge in [0.2, 0.25) is 5.91 Å². The maximum Gasteiger partial charge on any atom is 0.336 e. The van der Waals surface area contributed by atoms with Crippen molar-refractivity contribution in [2.24, 2.45) is 0 Å². The van der Waals surface area contributed by atoms with Crippen molar-refractivity contribution >= 4 is 83.9 Å². The average Bonchev–Trinajstić information content (AvgIpc) is 3.18. The number of fused-ring (bicyclic) bond motifs is 2. The van der Waals surface area contributed by atoms with Crippen LogP contribution in [0.3, 0.4) is 0 Å². The summed E-state index contributed by atoms with van der Waals surface area (Å²) in [5.74, 6) is -1.89. The molecule has 0 bridgehead atoms. The van der Waals surface area contributed by atoms with Gasteiger partial charge in [-0.05, 0) is 85.7 Å². The van der Waals surface area contributed by atoms with E-state index in [1.165, 1.54) is 24.3 Å². The van der Waals surface area contributed by atoms with Crippen LogP contribution in [-0.2, 0) is 31.5 Å². The Kier molecular flexibility index (Phi) is 15.4. The summed E-state index contributed by atoms with van der Waals surface area (Å²) in [5.41, 5.74) is 5.76. The van der Waals surface area contributed by atoms with Gasteiger partial charge in [0.15, 0.2) is 0 Å². The van der Waals surface area contributed by atoms with Crippen molar-refractivity contribution < 1.29 is 50.2 Å². The molecule has 0 fully saturated rings. The molecule has 1 aliphatic heterocycles. The van der Waals surface area contributed by atoms with Gasteiger partial charge >= 0.3 is 5.97 Å². The van der Waals surface area contributed by atoms with Gasteiger partial charge in [0.25, 0.3) is 5.91 Å². The molecule has 2 unspecified atom stereocenters. The predicted molar refractivity (Wildman–Crippen MR) is 225 cm³/mol. The molecular formula is C40H43Cl2N5O11S2-2. The number of halogens is 2. The lowest BCUT2D eigenvalue weighted by molar-refractivity contribution is -0.121. The lowest BCUT2D eigenvalue weighted by Gasteiger charge is -2.39. The van der Waals surface area contributed by atoms with Gasteiger partial charge in [-0.2, -0.15) is 0 Å². The molecule has 1 heterocycles. The fourth-order valence-corrected chi connectivity index (χ4v) is 9.16. The molecule has 20 heteroatoms. The topological polar surface area (TPSA) is 272 Å². The summed E-state index contributed by atoms with van der Waals surface area (Å²) in [4.78, 5) is 39.3. The van der Waals surface area contributed by atoms with Crippen molar-refractivity contribution in [3.63, 3.8) is 0 Å². The van der Waals surface area contributed by atoms with Crippen molar-refractivity contribution in [2.45, 2.75) is 54.8 Å². The molecule has 0 saturated carbocycles. The standard InChI is InChI=1S/C40H45Cl2N5O11S2/c41-17-21-47(22-18-42)26-10-7-24(8-11-26)5-4-6-33(48)45-19-2-1-3-20-46-39(49)25-9-12-27(30(23-25)40(50)51)34-28-13-15-31(43)37(59(52,53)54)35(28)58-36-29(34)14-16-32(44)38(36)60(55,56)57/h7-16,23,35,37,43H,1-6,17-22,44H2,(H,45,48)(H,46,49)(H,50,51)(H,52,53,54)(H,55,56,57)/p-2. The van der Waals surface area contributed by atoms with Gasteiger partial charge in [-0.1, -0.05) is 24.3 Å². The van der Waals surface area contributed by atoms with Crippen LogP contribution in [-0.4, -0.2) is 104 Å². The largest absolute Gasteiger partial charge is 0.747 e. The number of nitrogens with zero attached hydrogens (tertiary/aromatic N) is 1. The number of hydrogen-bond acceptors (Lipinski definition) is 13. The fraction of sp³-hybridized carbons (Fsp3) is 0.350. The number of ether oxygens (including phenoxy) is 1. The lowest BCUT2D eigenvalue weighted by atomic mass is 9.81. The Morgan fingerprint density at radius 3 is 2.13 bits per heavy atom. The molecule has 0 radical (unpaired) electrons. The Morgan fingerprint density at radius 1 is 0.867 bits per heavy atom. The number of amides is 2. The molecule has 2 atom stereocenters. The van der Waals surface area contributed by atoms with Gasteiger partial charge in [0, 0.05) is 72.3 Å². The number of alkyl halides is 2. The van der Waals surface area contributed by atoms with Crippen LogP contribution in [0.5, 0.6) is 5.75 Å². The number of hydrogen-bond donors (Lipinski definition) is 5. The zero-order chi connectivity index (χ0) is 43.8. The third-order valence-electron chi connectivity index (χ3n) is 9.96. The van der Waals surface area contributed by atoms with Gasteiger partial charge in [-0.15, -0.1) is 23.2 Å². The van der Waals surface area contributed by atoms with Crippen molar-refractivity contribution in [1.82, 2.24) is 10.6 Å². The summed E-state index contributed by atoms with van der Waals surface area (Å²) in [6.45, 7) is 2.10. The summed E-state index contributed by atoms with van der Waals surface area (Å²) in [6, 6.07) is 14.1. The number of carboxylic acid groups (broad SMARTS) is 1. The van der Waals surface area contributed by atoms with Gasteiger partial charge in [-0.3, -0.25) is 9.59 Å². The molecule has 60 heavy (non-hydrogen) atoms. The average molecular weight is 905 g/mol. The highest BCUT2D eigenvalue weighted by Gasteiger charge is 2.43. The van der Waals surface area contributed by atoms with E-state index in [4.69, 9.17) is 39.1 Å². The van der Waals surface area contributed by atoms with Gasteiger partial charge in [-0.25, -0.2) is 21.6 Å². The minimum absolute atomic E-state index is 0.0467. The third-order valence-corrected chi connectivity index (χ3v) is 12.3. The second-order valence-electron chi connectivity index (χ2n) is 14.0. The molecule has 1 aliphatic carbocycles. The second kappa shape index (κ2) is 20.1. The van der Waals surface area contributed by atoms with E-state index in [9.17, 15) is 45.4 Å². The highest BCUT2D eigenvalue weighted by Crippen LogP contribution is 2.48. The Balaban J connectivity index is 1.19. The summed E-state index contributed by atoms with van der Waals surface area (Å²) in [7, 11) is -10.7. The number of carboxylic acids is 1.